The molecule has 24 heavy (non-hydrogen) atoms. The molecule has 3 heterocycles. The fourth-order valence-electron chi connectivity index (χ4n) is 2.81. The van der Waals surface area contributed by atoms with Crippen LogP contribution in [0, 0.1) is 0 Å². The van der Waals surface area contributed by atoms with E-state index in [2.05, 4.69) is 10.3 Å². The molecule has 122 valence electrons. The number of furan rings is 1. The van der Waals surface area contributed by atoms with E-state index in [0.29, 0.717) is 24.3 Å². The zero-order chi connectivity index (χ0) is 16.5. The molecule has 4 rings (SSSR count). The molecule has 0 radical (unpaired) electrons. The highest BCUT2D eigenvalue weighted by Crippen LogP contribution is 2.23. The smallest absolute Gasteiger partial charge is 0.421 e. The summed E-state index contributed by atoms with van der Waals surface area (Å²) in [5.41, 5.74) is 1.95. The van der Waals surface area contributed by atoms with Gasteiger partial charge in [0, 0.05) is 24.7 Å². The molecule has 6 heteroatoms. The van der Waals surface area contributed by atoms with Crippen molar-refractivity contribution in [2.45, 2.75) is 19.5 Å². The lowest BCUT2D eigenvalue weighted by Gasteiger charge is -2.11. The highest BCUT2D eigenvalue weighted by Gasteiger charge is 2.13. The van der Waals surface area contributed by atoms with Crippen molar-refractivity contribution in [3.05, 3.63) is 65.0 Å². The lowest BCUT2D eigenvalue weighted by Crippen LogP contribution is -2.26. The van der Waals surface area contributed by atoms with Crippen molar-refractivity contribution in [1.82, 2.24) is 14.9 Å². The Kier molecular flexibility index (Phi) is 3.66. The van der Waals surface area contributed by atoms with Crippen LogP contribution < -0.4 is 11.1 Å². The van der Waals surface area contributed by atoms with Crippen molar-refractivity contribution in [3.63, 3.8) is 0 Å². The Morgan fingerprint density at radius 1 is 1.17 bits per heavy atom. The molecule has 0 spiro atoms. The zero-order valence-electron chi connectivity index (χ0n) is 13.2. The molecule has 0 amide bonds. The van der Waals surface area contributed by atoms with E-state index >= 15 is 0 Å². The zero-order valence-corrected chi connectivity index (χ0v) is 13.2. The molecule has 0 aliphatic rings. The SMILES string of the molecule is CC(NCCn1c(=O)oc2cccnc21)c1cc2ccccc2o1. The molecule has 0 aliphatic heterocycles. The second kappa shape index (κ2) is 5.98. The molecule has 0 fully saturated rings. The Balaban J connectivity index is 1.46. The van der Waals surface area contributed by atoms with Crippen LogP contribution in [-0.2, 0) is 6.54 Å². The molecular formula is C18H17N3O3. The summed E-state index contributed by atoms with van der Waals surface area (Å²) in [5, 5.41) is 4.45. The highest BCUT2D eigenvalue weighted by atomic mass is 16.4. The van der Waals surface area contributed by atoms with Crippen LogP contribution in [0.25, 0.3) is 22.2 Å². The van der Waals surface area contributed by atoms with E-state index in [1.807, 2.05) is 37.3 Å². The van der Waals surface area contributed by atoms with Crippen molar-refractivity contribution in [1.29, 1.82) is 0 Å². The second-order valence-electron chi connectivity index (χ2n) is 5.71. The number of hydrogen-bond donors (Lipinski definition) is 1. The largest absolute Gasteiger partial charge is 0.459 e. The van der Waals surface area contributed by atoms with E-state index in [4.69, 9.17) is 8.83 Å². The molecule has 1 atom stereocenters. The van der Waals surface area contributed by atoms with Crippen LogP contribution in [0.1, 0.15) is 18.7 Å². The standard InChI is InChI=1S/C18H17N3O3/c1-12(16-11-13-5-2-3-6-14(13)23-16)19-9-10-21-17-15(24-18(21)22)7-4-8-20-17/h2-8,11-12,19H,9-10H2,1H3. The van der Waals surface area contributed by atoms with Gasteiger partial charge in [0.15, 0.2) is 11.2 Å². The first-order valence-electron chi connectivity index (χ1n) is 7.88. The number of benzene rings is 1. The van der Waals surface area contributed by atoms with Gasteiger partial charge in [0.1, 0.15) is 11.3 Å². The minimum atomic E-state index is -0.387. The van der Waals surface area contributed by atoms with E-state index in [-0.39, 0.29) is 11.8 Å². The van der Waals surface area contributed by atoms with Gasteiger partial charge in [-0.3, -0.25) is 4.57 Å². The average Bonchev–Trinajstić information content (AvgIpc) is 3.16. The Morgan fingerprint density at radius 3 is 2.88 bits per heavy atom. The maximum Gasteiger partial charge on any atom is 0.421 e. The molecule has 1 unspecified atom stereocenters. The lowest BCUT2D eigenvalue weighted by molar-refractivity contribution is 0.432. The topological polar surface area (TPSA) is 73.2 Å². The molecule has 0 saturated heterocycles. The second-order valence-corrected chi connectivity index (χ2v) is 5.71. The third-order valence-corrected chi connectivity index (χ3v) is 4.08. The Bertz CT molecular complexity index is 1010. The maximum atomic E-state index is 11.9. The number of oxazole rings is 1. The van der Waals surface area contributed by atoms with E-state index in [1.165, 1.54) is 4.57 Å². The van der Waals surface area contributed by atoms with Crippen molar-refractivity contribution in [3.8, 4) is 0 Å². The van der Waals surface area contributed by atoms with Gasteiger partial charge in [0.25, 0.3) is 0 Å². The number of hydrogen-bond acceptors (Lipinski definition) is 5. The van der Waals surface area contributed by atoms with Crippen LogP contribution >= 0.6 is 0 Å². The first-order valence-corrected chi connectivity index (χ1v) is 7.88. The molecule has 0 aliphatic carbocycles. The average molecular weight is 323 g/mol. The van der Waals surface area contributed by atoms with Crippen molar-refractivity contribution in [2.24, 2.45) is 0 Å². The summed E-state index contributed by atoms with van der Waals surface area (Å²) in [6.07, 6.45) is 1.65. The van der Waals surface area contributed by atoms with Gasteiger partial charge in [-0.05, 0) is 31.2 Å². The quantitative estimate of drug-likeness (QED) is 0.611. The van der Waals surface area contributed by atoms with Crippen LogP contribution in [-0.4, -0.2) is 16.1 Å². The molecule has 0 bridgehead atoms. The molecule has 1 N–H and O–H groups in total. The number of aromatic nitrogens is 2. The van der Waals surface area contributed by atoms with Crippen LogP contribution in [0.5, 0.6) is 0 Å². The minimum absolute atomic E-state index is 0.0410. The van der Waals surface area contributed by atoms with Crippen LogP contribution in [0.3, 0.4) is 0 Å². The van der Waals surface area contributed by atoms with Crippen LogP contribution in [0.2, 0.25) is 0 Å². The van der Waals surface area contributed by atoms with Gasteiger partial charge in [-0.1, -0.05) is 18.2 Å². The molecule has 3 aromatic heterocycles. The molecule has 0 saturated carbocycles. The van der Waals surface area contributed by atoms with Crippen LogP contribution in [0.4, 0.5) is 0 Å². The molecular weight excluding hydrogens is 306 g/mol. The number of pyridine rings is 1. The monoisotopic (exact) mass is 323 g/mol. The van der Waals surface area contributed by atoms with Crippen molar-refractivity contribution < 1.29 is 8.83 Å². The summed E-state index contributed by atoms with van der Waals surface area (Å²) >= 11 is 0. The highest BCUT2D eigenvalue weighted by molar-refractivity contribution is 5.77. The predicted molar refractivity (Wildman–Crippen MR) is 90.9 cm³/mol. The van der Waals surface area contributed by atoms with E-state index in [9.17, 15) is 4.79 Å². The number of para-hydroxylation sites is 1. The number of nitrogens with one attached hydrogen (secondary N) is 1. The molecule has 4 aromatic rings. The lowest BCUT2D eigenvalue weighted by atomic mass is 10.2. The normalized spacial score (nSPS) is 12.9. The summed E-state index contributed by atoms with van der Waals surface area (Å²) in [4.78, 5) is 16.1. The van der Waals surface area contributed by atoms with Gasteiger partial charge in [-0.2, -0.15) is 0 Å². The Labute approximate surface area is 137 Å². The Morgan fingerprint density at radius 2 is 2.00 bits per heavy atom. The maximum absolute atomic E-state index is 11.9. The minimum Gasteiger partial charge on any atom is -0.459 e. The molecule has 1 aromatic carbocycles. The predicted octanol–water partition coefficient (Wildman–Crippen LogP) is 3.09. The Hall–Kier alpha value is -2.86. The number of fused-ring (bicyclic) bond motifs is 2. The van der Waals surface area contributed by atoms with Crippen molar-refractivity contribution in [2.75, 3.05) is 6.54 Å². The molecule has 6 nitrogen and oxygen atoms in total. The third-order valence-electron chi connectivity index (χ3n) is 4.08. The third kappa shape index (κ3) is 2.61. The summed E-state index contributed by atoms with van der Waals surface area (Å²) in [6, 6.07) is 13.5. The van der Waals surface area contributed by atoms with Gasteiger partial charge in [0.2, 0.25) is 0 Å². The van der Waals surface area contributed by atoms with Gasteiger partial charge in [0.05, 0.1) is 6.04 Å². The van der Waals surface area contributed by atoms with Gasteiger partial charge >= 0.3 is 5.76 Å². The summed E-state index contributed by atoms with van der Waals surface area (Å²) < 4.78 is 12.6. The van der Waals surface area contributed by atoms with Gasteiger partial charge < -0.3 is 14.2 Å². The van der Waals surface area contributed by atoms with E-state index < -0.39 is 0 Å². The van der Waals surface area contributed by atoms with Gasteiger partial charge in [-0.15, -0.1) is 0 Å². The van der Waals surface area contributed by atoms with Crippen molar-refractivity contribution >= 4 is 22.2 Å². The van der Waals surface area contributed by atoms with E-state index in [1.54, 1.807) is 18.3 Å². The number of rotatable bonds is 5. The first-order chi connectivity index (χ1) is 11.7. The van der Waals surface area contributed by atoms with Crippen LogP contribution in [0.15, 0.2) is 62.3 Å². The summed E-state index contributed by atoms with van der Waals surface area (Å²) in [7, 11) is 0. The van der Waals surface area contributed by atoms with Gasteiger partial charge in [-0.25, -0.2) is 9.78 Å². The first kappa shape index (κ1) is 14.7. The number of nitrogens with zero attached hydrogens (tertiary/aromatic N) is 2. The summed E-state index contributed by atoms with van der Waals surface area (Å²) in [5.74, 6) is 0.487. The van der Waals surface area contributed by atoms with E-state index in [0.717, 1.165) is 16.7 Å². The summed E-state index contributed by atoms with van der Waals surface area (Å²) in [6.45, 7) is 3.11. The fraction of sp³-hybridized carbons (Fsp3) is 0.222. The fourth-order valence-corrected chi connectivity index (χ4v) is 2.81.